The normalized spacial score (nSPS) is 12.4. The second kappa shape index (κ2) is 7.38. The quantitative estimate of drug-likeness (QED) is 0.482. The van der Waals surface area contributed by atoms with Gasteiger partial charge in [0, 0.05) is 6.54 Å². The van der Waals surface area contributed by atoms with Gasteiger partial charge in [-0.15, -0.1) is 0 Å². The minimum absolute atomic E-state index is 0.0587. The van der Waals surface area contributed by atoms with Gasteiger partial charge in [0.15, 0.2) is 0 Å². The fourth-order valence-corrected chi connectivity index (χ4v) is 1.58. The van der Waals surface area contributed by atoms with Crippen LogP contribution in [0.2, 0.25) is 0 Å². The Kier molecular flexibility index (Phi) is 6.97. The van der Waals surface area contributed by atoms with Gasteiger partial charge in [-0.1, -0.05) is 19.1 Å². The summed E-state index contributed by atoms with van der Waals surface area (Å²) >= 11 is 0. The minimum Gasteiger partial charge on any atom is -0.303 e. The van der Waals surface area contributed by atoms with Gasteiger partial charge in [0.2, 0.25) is 0 Å². The Bertz CT molecular complexity index is 281. The van der Waals surface area contributed by atoms with Crippen molar-refractivity contribution < 1.29 is 9.59 Å². The van der Waals surface area contributed by atoms with Gasteiger partial charge < -0.3 is 4.90 Å². The van der Waals surface area contributed by atoms with Crippen LogP contribution in [0.5, 0.6) is 0 Å². The summed E-state index contributed by atoms with van der Waals surface area (Å²) in [6, 6.07) is 0. The third kappa shape index (κ3) is 5.26. The Morgan fingerprint density at radius 1 is 1.18 bits per heavy atom. The first-order valence-corrected chi connectivity index (χ1v) is 6.20. The smallest absolute Gasteiger partial charge is 0.143 e. The van der Waals surface area contributed by atoms with E-state index in [-0.39, 0.29) is 11.6 Å². The molecule has 3 nitrogen and oxygen atoms in total. The predicted molar refractivity (Wildman–Crippen MR) is 71.0 cm³/mol. The average Bonchev–Trinajstić information content (AvgIpc) is 2.23. The van der Waals surface area contributed by atoms with Crippen LogP contribution in [0.25, 0.3) is 0 Å². The van der Waals surface area contributed by atoms with Crippen LogP contribution in [-0.4, -0.2) is 36.6 Å². The van der Waals surface area contributed by atoms with Crippen LogP contribution in [-0.2, 0) is 9.59 Å². The summed E-state index contributed by atoms with van der Waals surface area (Å²) in [4.78, 5) is 25.1. The molecular formula is C14H25NO2. The summed E-state index contributed by atoms with van der Waals surface area (Å²) < 4.78 is 0. The van der Waals surface area contributed by atoms with Crippen molar-refractivity contribution in [2.75, 3.05) is 20.1 Å². The fourth-order valence-electron chi connectivity index (χ4n) is 1.58. The molecule has 0 saturated heterocycles. The lowest BCUT2D eigenvalue weighted by Gasteiger charge is -2.21. The summed E-state index contributed by atoms with van der Waals surface area (Å²) in [5, 5.41) is 0. The highest BCUT2D eigenvalue weighted by Crippen LogP contribution is 2.24. The van der Waals surface area contributed by atoms with E-state index in [1.54, 1.807) is 6.92 Å². The maximum Gasteiger partial charge on any atom is 0.143 e. The predicted octanol–water partition coefficient (Wildman–Crippen LogP) is 2.46. The van der Waals surface area contributed by atoms with Crippen molar-refractivity contribution in [3.8, 4) is 0 Å². The Hall–Kier alpha value is -0.960. The molecule has 0 atom stereocenters. The van der Waals surface area contributed by atoms with Gasteiger partial charge in [0.05, 0.1) is 5.41 Å². The van der Waals surface area contributed by atoms with Gasteiger partial charge in [0.25, 0.3) is 0 Å². The molecule has 0 unspecified atom stereocenters. The molecule has 0 heterocycles. The molecule has 0 aromatic rings. The molecule has 17 heavy (non-hydrogen) atoms. The molecule has 0 radical (unpaired) electrons. The molecule has 0 spiro atoms. The van der Waals surface area contributed by atoms with Gasteiger partial charge >= 0.3 is 0 Å². The molecule has 98 valence electrons. The number of likely N-dealkylation sites (N-methyl/N-ethyl adjacent to an activating group) is 1. The van der Waals surface area contributed by atoms with Gasteiger partial charge in [-0.2, -0.15) is 0 Å². The Balaban J connectivity index is 4.29. The summed E-state index contributed by atoms with van der Waals surface area (Å²) in [5.41, 5.74) is -0.847. The fraction of sp³-hybridized carbons (Fsp3) is 0.714. The number of Topliss-reactive ketones (excluding diaryl/α,β-unsaturated/α-hetero) is 2. The van der Waals surface area contributed by atoms with E-state index in [2.05, 4.69) is 18.9 Å². The lowest BCUT2D eigenvalue weighted by Crippen LogP contribution is -2.32. The van der Waals surface area contributed by atoms with Crippen molar-refractivity contribution in [2.24, 2.45) is 5.41 Å². The van der Waals surface area contributed by atoms with Crippen LogP contribution in [0, 0.1) is 5.41 Å². The molecule has 0 N–H and O–H groups in total. The first-order chi connectivity index (χ1) is 7.84. The Morgan fingerprint density at radius 3 is 2.12 bits per heavy atom. The second-order valence-corrected chi connectivity index (χ2v) is 4.88. The van der Waals surface area contributed by atoms with E-state index in [9.17, 15) is 9.59 Å². The maximum absolute atomic E-state index is 11.5. The van der Waals surface area contributed by atoms with Crippen molar-refractivity contribution in [1.82, 2.24) is 4.90 Å². The van der Waals surface area contributed by atoms with Crippen molar-refractivity contribution in [1.29, 1.82) is 0 Å². The Morgan fingerprint density at radius 2 is 1.71 bits per heavy atom. The minimum atomic E-state index is -0.847. The molecule has 0 fully saturated rings. The number of hydrogen-bond acceptors (Lipinski definition) is 3. The SMILES string of the molecule is CCCN(C)C/C=C/CC(C)(C(C)=O)C(C)=O. The van der Waals surface area contributed by atoms with Crippen LogP contribution in [0.4, 0.5) is 0 Å². The van der Waals surface area contributed by atoms with E-state index in [0.29, 0.717) is 6.42 Å². The third-order valence-electron chi connectivity index (χ3n) is 3.27. The molecule has 0 amide bonds. The van der Waals surface area contributed by atoms with Crippen LogP contribution >= 0.6 is 0 Å². The summed E-state index contributed by atoms with van der Waals surface area (Å²) in [5.74, 6) is -0.117. The summed E-state index contributed by atoms with van der Waals surface area (Å²) in [6.45, 7) is 8.75. The number of nitrogens with zero attached hydrogens (tertiary/aromatic N) is 1. The van der Waals surface area contributed by atoms with Gasteiger partial charge in [-0.25, -0.2) is 0 Å². The number of ketones is 2. The monoisotopic (exact) mass is 239 g/mol. The first kappa shape index (κ1) is 16.0. The van der Waals surface area contributed by atoms with Gasteiger partial charge in [-0.05, 0) is 47.2 Å². The van der Waals surface area contributed by atoms with Crippen molar-refractivity contribution in [3.63, 3.8) is 0 Å². The molecule has 0 bridgehead atoms. The molecule has 0 aromatic carbocycles. The number of rotatable bonds is 8. The standard InChI is InChI=1S/C14H25NO2/c1-6-10-15(5)11-8-7-9-14(4,12(2)16)13(3)17/h7-8H,6,9-11H2,1-5H3/b8-7+. The highest BCUT2D eigenvalue weighted by atomic mass is 16.2. The average molecular weight is 239 g/mol. The highest BCUT2D eigenvalue weighted by Gasteiger charge is 2.33. The lowest BCUT2D eigenvalue weighted by molar-refractivity contribution is -0.137. The largest absolute Gasteiger partial charge is 0.303 e. The number of allylic oxidation sites excluding steroid dienone is 1. The van der Waals surface area contributed by atoms with Crippen molar-refractivity contribution >= 4 is 11.6 Å². The van der Waals surface area contributed by atoms with Crippen molar-refractivity contribution in [2.45, 2.75) is 40.5 Å². The summed E-state index contributed by atoms with van der Waals surface area (Å²) in [6.07, 6.45) is 5.59. The topological polar surface area (TPSA) is 37.4 Å². The van der Waals surface area contributed by atoms with E-state index < -0.39 is 5.41 Å². The van der Waals surface area contributed by atoms with Gasteiger partial charge in [0.1, 0.15) is 11.6 Å². The maximum atomic E-state index is 11.5. The van der Waals surface area contributed by atoms with E-state index in [1.807, 2.05) is 12.2 Å². The number of hydrogen-bond donors (Lipinski definition) is 0. The highest BCUT2D eigenvalue weighted by molar-refractivity contribution is 6.04. The molecular weight excluding hydrogens is 214 g/mol. The van der Waals surface area contributed by atoms with Crippen LogP contribution in [0.1, 0.15) is 40.5 Å². The molecule has 0 aliphatic rings. The van der Waals surface area contributed by atoms with Crippen LogP contribution < -0.4 is 0 Å². The van der Waals surface area contributed by atoms with E-state index in [4.69, 9.17) is 0 Å². The third-order valence-corrected chi connectivity index (χ3v) is 3.27. The zero-order valence-electron chi connectivity index (χ0n) is 11.7. The lowest BCUT2D eigenvalue weighted by atomic mass is 9.79. The second-order valence-electron chi connectivity index (χ2n) is 4.88. The van der Waals surface area contributed by atoms with Crippen molar-refractivity contribution in [3.05, 3.63) is 12.2 Å². The van der Waals surface area contributed by atoms with E-state index in [1.165, 1.54) is 13.8 Å². The van der Waals surface area contributed by atoms with E-state index >= 15 is 0 Å². The molecule has 0 aliphatic heterocycles. The molecule has 0 rings (SSSR count). The molecule has 3 heteroatoms. The zero-order valence-corrected chi connectivity index (χ0v) is 11.7. The molecule has 0 saturated carbocycles. The summed E-state index contributed by atoms with van der Waals surface area (Å²) in [7, 11) is 2.06. The first-order valence-electron chi connectivity index (χ1n) is 6.20. The number of carbonyl (C=O) groups is 2. The number of carbonyl (C=O) groups excluding carboxylic acids is 2. The van der Waals surface area contributed by atoms with Crippen LogP contribution in [0.3, 0.4) is 0 Å². The molecule has 0 aliphatic carbocycles. The van der Waals surface area contributed by atoms with E-state index in [0.717, 1.165) is 19.5 Å². The molecule has 0 aromatic heterocycles. The zero-order chi connectivity index (χ0) is 13.5. The van der Waals surface area contributed by atoms with Crippen LogP contribution in [0.15, 0.2) is 12.2 Å². The van der Waals surface area contributed by atoms with Gasteiger partial charge in [-0.3, -0.25) is 9.59 Å². The Labute approximate surface area is 105 Å².